The van der Waals surface area contributed by atoms with Gasteiger partial charge in [-0.1, -0.05) is 53.6 Å². The quantitative estimate of drug-likeness (QED) is 0.146. The van der Waals surface area contributed by atoms with Gasteiger partial charge in [0.05, 0.1) is 25.6 Å². The molecule has 8 aliphatic carbocycles. The summed E-state index contributed by atoms with van der Waals surface area (Å²) in [7, 11) is 3.80. The van der Waals surface area contributed by atoms with Crippen molar-refractivity contribution >= 4 is 0 Å². The molecule has 0 saturated heterocycles. The van der Waals surface area contributed by atoms with Crippen molar-refractivity contribution < 1.29 is 35.7 Å². The van der Waals surface area contributed by atoms with Crippen molar-refractivity contribution in [1.82, 2.24) is 4.98 Å². The molecule has 0 amide bonds. The Kier molecular flexibility index (Phi) is 12.2. The van der Waals surface area contributed by atoms with Gasteiger partial charge in [0.2, 0.25) is 0 Å². The molecule has 13 rings (SSSR count). The van der Waals surface area contributed by atoms with Crippen molar-refractivity contribution in [2.75, 3.05) is 14.2 Å². The summed E-state index contributed by atoms with van der Waals surface area (Å²) in [6, 6.07) is 30.1. The van der Waals surface area contributed by atoms with E-state index in [0.717, 1.165) is 75.4 Å². The number of hydrogen-bond donors (Lipinski definition) is 0. The van der Waals surface area contributed by atoms with E-state index in [1.807, 2.05) is 14.2 Å². The first-order valence-electron chi connectivity index (χ1n) is 22.7. The fourth-order valence-corrected chi connectivity index (χ4v) is 14.9. The van der Waals surface area contributed by atoms with Gasteiger partial charge in [-0.2, -0.15) is 0 Å². The van der Waals surface area contributed by atoms with Crippen LogP contribution in [-0.4, -0.2) is 19.2 Å². The SMILES string of the molecule is COc1c(-c2ccc(C)cc2-c2cccc(-c3cc(C)ccc3-c3cc(C)cc(C45CC6CC(CC(C6)C4)C5)c3OC)n2)cc(C)cc1C1C2CC3CC(C2)CC1C3.[CH3-].[CH3-].[Zr+2]. The number of rotatable bonds is 8. The summed E-state index contributed by atoms with van der Waals surface area (Å²) in [5.74, 6) is 8.83. The molecule has 0 spiro atoms. The van der Waals surface area contributed by atoms with Crippen molar-refractivity contribution in [3.8, 4) is 56.3 Å². The van der Waals surface area contributed by atoms with E-state index in [0.29, 0.717) is 5.92 Å². The second-order valence-electron chi connectivity index (χ2n) is 20.5. The molecule has 4 aromatic carbocycles. The first-order chi connectivity index (χ1) is 28.1. The number of hydrogen-bond acceptors (Lipinski definition) is 3. The zero-order valence-corrected chi connectivity index (χ0v) is 40.6. The molecule has 8 bridgehead atoms. The summed E-state index contributed by atoms with van der Waals surface area (Å²) in [6.45, 7) is 8.97. The minimum Gasteiger partial charge on any atom is -0.496 e. The fraction of sp³-hybridized carbons (Fsp3) is 0.456. The molecule has 8 fully saturated rings. The third-order valence-corrected chi connectivity index (χ3v) is 16.3. The average Bonchev–Trinajstić information content (AvgIpc) is 3.19. The number of aryl methyl sites for hydroxylation is 4. The van der Waals surface area contributed by atoms with Crippen LogP contribution >= 0.6 is 0 Å². The minimum absolute atomic E-state index is 0. The molecule has 8 aliphatic rings. The molecule has 1 heterocycles. The van der Waals surface area contributed by atoms with Crippen LogP contribution < -0.4 is 9.47 Å². The first-order valence-corrected chi connectivity index (χ1v) is 22.7. The number of pyridine rings is 1. The van der Waals surface area contributed by atoms with E-state index < -0.39 is 0 Å². The van der Waals surface area contributed by atoms with E-state index in [9.17, 15) is 0 Å². The Morgan fingerprint density at radius 1 is 0.475 bits per heavy atom. The van der Waals surface area contributed by atoms with Crippen molar-refractivity contribution in [2.45, 2.75) is 110 Å². The predicted molar refractivity (Wildman–Crippen MR) is 250 cm³/mol. The van der Waals surface area contributed by atoms with Gasteiger partial charge in [-0.15, -0.1) is 0 Å². The summed E-state index contributed by atoms with van der Waals surface area (Å²) in [6.07, 6.45) is 15.3. The maximum atomic E-state index is 6.55. The minimum atomic E-state index is 0. The van der Waals surface area contributed by atoms with E-state index >= 15 is 0 Å². The van der Waals surface area contributed by atoms with Gasteiger partial charge in [0.25, 0.3) is 0 Å². The zero-order valence-electron chi connectivity index (χ0n) is 38.2. The van der Waals surface area contributed by atoms with Crippen LogP contribution in [-0.2, 0) is 31.6 Å². The normalized spacial score (nSPS) is 28.8. The van der Waals surface area contributed by atoms with Gasteiger partial charge in [-0.05, 0) is 215 Å². The van der Waals surface area contributed by atoms with Crippen LogP contribution in [0.3, 0.4) is 0 Å². The van der Waals surface area contributed by atoms with E-state index in [1.54, 1.807) is 0 Å². The maximum Gasteiger partial charge on any atom is 2.00 e. The standard InChI is InChI=1S/C55H61NO2.2CH3.Zr/c1-31-10-12-42(46-16-33(3)18-48(53(46)57-5)52-40-24-35-20-36(26-40)27-41(52)25-35)44(14-31)50-8-7-9-51(56-50)45-15-32(2)11-13-43(45)47-17-34(4)19-49(54(47)58-6)55-28-37-21-38(29-55)23-39(22-37)30-55;;;/h7-19,35-41,52H,20-30H2,1-6H3;2*1H3;/q;2*-1;+2. The number of methoxy groups -OCH3 is 2. The largest absolute Gasteiger partial charge is 2.00 e. The van der Waals surface area contributed by atoms with Gasteiger partial charge in [-0.3, -0.25) is 0 Å². The van der Waals surface area contributed by atoms with Crippen molar-refractivity contribution in [2.24, 2.45) is 41.4 Å². The summed E-state index contributed by atoms with van der Waals surface area (Å²) in [4.78, 5) is 5.59. The Morgan fingerprint density at radius 3 is 1.41 bits per heavy atom. The fourth-order valence-electron chi connectivity index (χ4n) is 14.9. The second-order valence-corrected chi connectivity index (χ2v) is 20.5. The molecule has 5 aromatic rings. The zero-order chi connectivity index (χ0) is 39.4. The third-order valence-electron chi connectivity index (χ3n) is 16.3. The van der Waals surface area contributed by atoms with E-state index in [1.165, 1.54) is 126 Å². The van der Waals surface area contributed by atoms with E-state index in [4.69, 9.17) is 14.5 Å². The van der Waals surface area contributed by atoms with Crippen molar-refractivity contribution in [3.05, 3.63) is 127 Å². The Balaban J connectivity index is 0.00000171. The van der Waals surface area contributed by atoms with Crippen LogP contribution in [0.2, 0.25) is 0 Å². The monoisotopic (exact) mass is 887 g/mol. The topological polar surface area (TPSA) is 31.4 Å². The summed E-state index contributed by atoms with van der Waals surface area (Å²) < 4.78 is 13.1. The van der Waals surface area contributed by atoms with Crippen LogP contribution in [0.5, 0.6) is 11.5 Å². The number of nitrogens with zero attached hydrogens (tertiary/aromatic N) is 1. The maximum absolute atomic E-state index is 6.55. The summed E-state index contributed by atoms with van der Waals surface area (Å²) in [5, 5.41) is 0. The first kappa shape index (κ1) is 44.1. The molecule has 4 heteroatoms. The van der Waals surface area contributed by atoms with Gasteiger partial charge < -0.3 is 24.3 Å². The molecule has 0 aliphatic heterocycles. The smallest absolute Gasteiger partial charge is 0.496 e. The van der Waals surface area contributed by atoms with Gasteiger partial charge in [0.15, 0.2) is 0 Å². The van der Waals surface area contributed by atoms with Gasteiger partial charge in [-0.25, -0.2) is 4.98 Å². The molecule has 8 saturated carbocycles. The van der Waals surface area contributed by atoms with Gasteiger partial charge in [0, 0.05) is 27.8 Å². The molecule has 61 heavy (non-hydrogen) atoms. The Hall–Kier alpha value is -3.49. The Morgan fingerprint density at radius 2 is 0.918 bits per heavy atom. The van der Waals surface area contributed by atoms with Crippen LogP contribution in [0.15, 0.2) is 78.9 Å². The molecular formula is C57H67NO2Zr. The second kappa shape index (κ2) is 16.9. The van der Waals surface area contributed by atoms with Gasteiger partial charge in [0.1, 0.15) is 11.5 Å². The molecule has 0 unspecified atom stereocenters. The summed E-state index contributed by atoms with van der Waals surface area (Å²) >= 11 is 0. The third kappa shape index (κ3) is 7.51. The molecule has 0 N–H and O–H groups in total. The molecule has 1 aromatic heterocycles. The molecular weight excluding hydrogens is 822 g/mol. The number of benzene rings is 4. The molecule has 0 radical (unpaired) electrons. The van der Waals surface area contributed by atoms with Crippen molar-refractivity contribution in [1.29, 1.82) is 0 Å². The van der Waals surface area contributed by atoms with Gasteiger partial charge >= 0.3 is 26.2 Å². The summed E-state index contributed by atoms with van der Waals surface area (Å²) in [5.41, 5.74) is 17.4. The van der Waals surface area contributed by atoms with Crippen LogP contribution in [0, 0.1) is 84.0 Å². The number of ether oxygens (including phenoxy) is 2. The molecule has 3 nitrogen and oxygen atoms in total. The predicted octanol–water partition coefficient (Wildman–Crippen LogP) is 14.9. The molecule has 0 atom stereocenters. The Labute approximate surface area is 387 Å². The van der Waals surface area contributed by atoms with E-state index in [2.05, 4.69) is 107 Å². The Bertz CT molecular complexity index is 2380. The van der Waals surface area contributed by atoms with Crippen LogP contribution in [0.25, 0.3) is 44.8 Å². The number of aromatic nitrogens is 1. The molecule has 316 valence electrons. The van der Waals surface area contributed by atoms with Crippen molar-refractivity contribution in [3.63, 3.8) is 0 Å². The van der Waals surface area contributed by atoms with E-state index in [-0.39, 0.29) is 46.5 Å². The van der Waals surface area contributed by atoms with Crippen LogP contribution in [0.4, 0.5) is 0 Å². The van der Waals surface area contributed by atoms with Crippen LogP contribution in [0.1, 0.15) is 110 Å². The average molecular weight is 889 g/mol.